The van der Waals surface area contributed by atoms with Crippen LogP contribution in [0.15, 0.2) is 30.3 Å². The minimum absolute atomic E-state index is 0.171. The van der Waals surface area contributed by atoms with Gasteiger partial charge < -0.3 is 15.0 Å². The van der Waals surface area contributed by atoms with E-state index in [0.717, 1.165) is 25.2 Å². The molecule has 0 aromatic heterocycles. The van der Waals surface area contributed by atoms with Crippen LogP contribution < -0.4 is 5.32 Å². The van der Waals surface area contributed by atoms with Gasteiger partial charge in [-0.25, -0.2) is 0 Å². The van der Waals surface area contributed by atoms with Crippen molar-refractivity contribution >= 4 is 5.97 Å². The highest BCUT2D eigenvalue weighted by Crippen LogP contribution is 2.18. The maximum absolute atomic E-state index is 12.0. The van der Waals surface area contributed by atoms with Crippen molar-refractivity contribution in [3.63, 3.8) is 0 Å². The molecular weight excluding hydrogens is 264 g/mol. The Morgan fingerprint density at radius 3 is 2.81 bits per heavy atom. The molecule has 1 aliphatic heterocycles. The van der Waals surface area contributed by atoms with Crippen LogP contribution in [0.25, 0.3) is 0 Å². The number of hydrogen-bond acceptors (Lipinski definition) is 4. The smallest absolute Gasteiger partial charge is 0.314 e. The Hall–Kier alpha value is -1.39. The Morgan fingerprint density at radius 2 is 2.19 bits per heavy atom. The molecule has 1 aromatic carbocycles. The summed E-state index contributed by atoms with van der Waals surface area (Å²) in [5, 5.41) is 3.46. The Balaban J connectivity index is 1.84. The van der Waals surface area contributed by atoms with Crippen molar-refractivity contribution in [1.29, 1.82) is 0 Å². The number of methoxy groups -OCH3 is 1. The van der Waals surface area contributed by atoms with Gasteiger partial charge in [0.05, 0.1) is 13.0 Å². The van der Waals surface area contributed by atoms with Gasteiger partial charge in [-0.15, -0.1) is 0 Å². The molecule has 0 aliphatic carbocycles. The van der Waals surface area contributed by atoms with Crippen molar-refractivity contribution < 1.29 is 9.53 Å². The lowest BCUT2D eigenvalue weighted by atomic mass is 9.99. The van der Waals surface area contributed by atoms with Crippen molar-refractivity contribution in [2.75, 3.05) is 39.8 Å². The van der Waals surface area contributed by atoms with Gasteiger partial charge >= 0.3 is 5.97 Å². The monoisotopic (exact) mass is 290 g/mol. The number of carbonyl (C=O) groups is 1. The van der Waals surface area contributed by atoms with Crippen LogP contribution in [0.2, 0.25) is 0 Å². The SMILES string of the molecule is CCN1CCC(CNCC(C(=O)OC)c2ccccc2)C1. The molecule has 0 radical (unpaired) electrons. The second-order valence-corrected chi connectivity index (χ2v) is 5.69. The lowest BCUT2D eigenvalue weighted by molar-refractivity contribution is -0.142. The van der Waals surface area contributed by atoms with Crippen molar-refractivity contribution in [3.05, 3.63) is 35.9 Å². The fourth-order valence-corrected chi connectivity index (χ4v) is 2.96. The number of carbonyl (C=O) groups excluding carboxylic acids is 1. The van der Waals surface area contributed by atoms with E-state index < -0.39 is 0 Å². The van der Waals surface area contributed by atoms with E-state index in [0.29, 0.717) is 12.5 Å². The maximum Gasteiger partial charge on any atom is 0.314 e. The number of nitrogens with one attached hydrogen (secondary N) is 1. The molecule has 0 bridgehead atoms. The van der Waals surface area contributed by atoms with E-state index in [1.165, 1.54) is 20.1 Å². The highest BCUT2D eigenvalue weighted by molar-refractivity contribution is 5.78. The molecule has 1 saturated heterocycles. The lowest BCUT2D eigenvalue weighted by Gasteiger charge is -2.18. The van der Waals surface area contributed by atoms with Gasteiger partial charge in [0.15, 0.2) is 0 Å². The summed E-state index contributed by atoms with van der Waals surface area (Å²) in [4.78, 5) is 14.4. The molecule has 2 unspecified atom stereocenters. The van der Waals surface area contributed by atoms with Crippen molar-refractivity contribution in [2.45, 2.75) is 19.3 Å². The molecule has 0 spiro atoms. The summed E-state index contributed by atoms with van der Waals surface area (Å²) in [5.74, 6) is 0.300. The predicted molar refractivity (Wildman–Crippen MR) is 84.3 cm³/mol. The summed E-state index contributed by atoms with van der Waals surface area (Å²) in [7, 11) is 1.45. The summed E-state index contributed by atoms with van der Waals surface area (Å²) < 4.78 is 4.94. The molecule has 4 nitrogen and oxygen atoms in total. The first-order valence-electron chi connectivity index (χ1n) is 7.80. The van der Waals surface area contributed by atoms with Gasteiger partial charge in [-0.2, -0.15) is 0 Å². The fraction of sp³-hybridized carbons (Fsp3) is 0.588. The lowest BCUT2D eigenvalue weighted by Crippen LogP contribution is -2.32. The molecule has 4 heteroatoms. The quantitative estimate of drug-likeness (QED) is 0.779. The fourth-order valence-electron chi connectivity index (χ4n) is 2.96. The molecule has 2 rings (SSSR count). The highest BCUT2D eigenvalue weighted by atomic mass is 16.5. The number of esters is 1. The van der Waals surface area contributed by atoms with Crippen LogP contribution in [-0.4, -0.2) is 50.7 Å². The molecule has 1 N–H and O–H groups in total. The number of ether oxygens (including phenoxy) is 1. The first kappa shape index (κ1) is 16.0. The van der Waals surface area contributed by atoms with E-state index in [1.54, 1.807) is 0 Å². The highest BCUT2D eigenvalue weighted by Gasteiger charge is 2.23. The molecule has 1 aliphatic rings. The number of nitrogens with zero attached hydrogens (tertiary/aromatic N) is 1. The Kier molecular flexibility index (Phi) is 6.21. The van der Waals surface area contributed by atoms with Crippen molar-refractivity contribution in [3.8, 4) is 0 Å². The minimum Gasteiger partial charge on any atom is -0.469 e. The average Bonchev–Trinajstić information content (AvgIpc) is 2.99. The number of benzene rings is 1. The predicted octanol–water partition coefficient (Wildman–Crippen LogP) is 1.87. The zero-order valence-electron chi connectivity index (χ0n) is 13.0. The van der Waals surface area contributed by atoms with Gasteiger partial charge in [0, 0.05) is 13.1 Å². The summed E-state index contributed by atoms with van der Waals surface area (Å²) in [6, 6.07) is 9.85. The number of hydrogen-bond donors (Lipinski definition) is 1. The van der Waals surface area contributed by atoms with Crippen molar-refractivity contribution in [1.82, 2.24) is 10.2 Å². The van der Waals surface area contributed by atoms with Crippen LogP contribution >= 0.6 is 0 Å². The van der Waals surface area contributed by atoms with Gasteiger partial charge in [-0.1, -0.05) is 37.3 Å². The zero-order chi connectivity index (χ0) is 15.1. The molecule has 2 atom stereocenters. The largest absolute Gasteiger partial charge is 0.469 e. The van der Waals surface area contributed by atoms with Gasteiger partial charge in [0.2, 0.25) is 0 Å². The van der Waals surface area contributed by atoms with Crippen LogP contribution in [0, 0.1) is 5.92 Å². The topological polar surface area (TPSA) is 41.6 Å². The third kappa shape index (κ3) is 4.55. The number of likely N-dealkylation sites (tertiary alicyclic amines) is 1. The first-order chi connectivity index (χ1) is 10.2. The molecular formula is C17H26N2O2. The average molecular weight is 290 g/mol. The second kappa shape index (κ2) is 8.15. The van der Waals surface area contributed by atoms with Gasteiger partial charge in [-0.3, -0.25) is 4.79 Å². The molecule has 0 saturated carbocycles. The van der Waals surface area contributed by atoms with E-state index in [-0.39, 0.29) is 11.9 Å². The van der Waals surface area contributed by atoms with Gasteiger partial charge in [0.1, 0.15) is 0 Å². The third-order valence-corrected chi connectivity index (χ3v) is 4.29. The Labute approximate surface area is 127 Å². The van der Waals surface area contributed by atoms with Gasteiger partial charge in [-0.05, 0) is 37.5 Å². The van der Waals surface area contributed by atoms with E-state index >= 15 is 0 Å². The Bertz CT molecular complexity index is 436. The maximum atomic E-state index is 12.0. The molecule has 1 fully saturated rings. The van der Waals surface area contributed by atoms with Crippen LogP contribution in [-0.2, 0) is 9.53 Å². The normalized spacial score (nSPS) is 20.4. The number of rotatable bonds is 7. The van der Waals surface area contributed by atoms with E-state index in [4.69, 9.17) is 4.74 Å². The Morgan fingerprint density at radius 1 is 1.43 bits per heavy atom. The minimum atomic E-state index is -0.222. The standard InChI is InChI=1S/C17H26N2O2/c1-3-19-10-9-14(13-19)11-18-12-16(17(20)21-2)15-7-5-4-6-8-15/h4-8,14,16,18H,3,9-13H2,1-2H3. The summed E-state index contributed by atoms with van der Waals surface area (Å²) in [6.07, 6.45) is 1.25. The van der Waals surface area contributed by atoms with Crippen LogP contribution in [0.5, 0.6) is 0 Å². The van der Waals surface area contributed by atoms with Crippen LogP contribution in [0.3, 0.4) is 0 Å². The van der Waals surface area contributed by atoms with E-state index in [1.807, 2.05) is 30.3 Å². The summed E-state index contributed by atoms with van der Waals surface area (Å²) in [6.45, 7) is 7.31. The van der Waals surface area contributed by atoms with E-state index in [2.05, 4.69) is 17.1 Å². The molecule has 1 aromatic rings. The first-order valence-corrected chi connectivity index (χ1v) is 7.80. The summed E-state index contributed by atoms with van der Waals surface area (Å²) in [5.41, 5.74) is 1.01. The van der Waals surface area contributed by atoms with Crippen LogP contribution in [0.4, 0.5) is 0 Å². The molecule has 21 heavy (non-hydrogen) atoms. The van der Waals surface area contributed by atoms with Crippen LogP contribution in [0.1, 0.15) is 24.8 Å². The molecule has 0 amide bonds. The summed E-state index contributed by atoms with van der Waals surface area (Å²) >= 11 is 0. The molecule has 1 heterocycles. The van der Waals surface area contributed by atoms with E-state index in [9.17, 15) is 4.79 Å². The zero-order valence-corrected chi connectivity index (χ0v) is 13.0. The third-order valence-electron chi connectivity index (χ3n) is 4.29. The second-order valence-electron chi connectivity index (χ2n) is 5.69. The van der Waals surface area contributed by atoms with Gasteiger partial charge in [0.25, 0.3) is 0 Å². The van der Waals surface area contributed by atoms with Crippen molar-refractivity contribution in [2.24, 2.45) is 5.92 Å². The molecule has 116 valence electrons.